The summed E-state index contributed by atoms with van der Waals surface area (Å²) in [5.41, 5.74) is 7.38. The number of fused-ring (bicyclic) bond motifs is 2. The molecular formula is C26H23F2N5O3S. The fourth-order valence-electron chi connectivity index (χ4n) is 5.22. The lowest BCUT2D eigenvalue weighted by atomic mass is 10.1. The number of rotatable bonds is 5. The van der Waals surface area contributed by atoms with Crippen LogP contribution < -0.4 is 15.8 Å². The largest absolute Gasteiger partial charge is 0.413 e. The number of ether oxygens (including phenoxy) is 1. The highest BCUT2D eigenvalue weighted by molar-refractivity contribution is 7.19. The number of piperidine rings is 1. The van der Waals surface area contributed by atoms with Crippen molar-refractivity contribution in [1.29, 1.82) is 0 Å². The van der Waals surface area contributed by atoms with Crippen molar-refractivity contribution in [3.05, 3.63) is 65.9 Å². The van der Waals surface area contributed by atoms with Crippen molar-refractivity contribution in [2.45, 2.75) is 12.5 Å². The van der Waals surface area contributed by atoms with Gasteiger partial charge in [0.1, 0.15) is 17.3 Å². The van der Waals surface area contributed by atoms with Crippen LogP contribution in [0.15, 0.2) is 48.5 Å². The lowest BCUT2D eigenvalue weighted by molar-refractivity contribution is 0.0700. The van der Waals surface area contributed by atoms with E-state index in [1.807, 2.05) is 0 Å². The number of hydrogen-bond donors (Lipinski definition) is 2. The summed E-state index contributed by atoms with van der Waals surface area (Å²) in [6.45, 7) is 0.763. The second-order valence-electron chi connectivity index (χ2n) is 9.44. The summed E-state index contributed by atoms with van der Waals surface area (Å²) in [5.74, 6) is -0.162. The van der Waals surface area contributed by atoms with E-state index in [0.29, 0.717) is 28.3 Å². The third kappa shape index (κ3) is 4.29. The van der Waals surface area contributed by atoms with Gasteiger partial charge in [-0.1, -0.05) is 23.5 Å². The number of amides is 2. The molecule has 2 aromatic carbocycles. The number of aromatic nitrogens is 2. The average molecular weight is 524 g/mol. The quantitative estimate of drug-likeness (QED) is 0.404. The predicted molar refractivity (Wildman–Crippen MR) is 135 cm³/mol. The van der Waals surface area contributed by atoms with Crippen LogP contribution in [0.1, 0.15) is 16.9 Å². The summed E-state index contributed by atoms with van der Waals surface area (Å²) < 4.78 is 34.5. The third-order valence-corrected chi connectivity index (χ3v) is 8.04. The molecular weight excluding hydrogens is 500 g/mol. The van der Waals surface area contributed by atoms with Gasteiger partial charge in [0.2, 0.25) is 5.88 Å². The highest BCUT2D eigenvalue weighted by Crippen LogP contribution is 2.50. The predicted octanol–water partition coefficient (Wildman–Crippen LogP) is 4.41. The molecule has 0 unspecified atom stereocenters. The zero-order valence-corrected chi connectivity index (χ0v) is 20.6. The molecule has 0 bridgehead atoms. The Kier molecular flexibility index (Phi) is 5.59. The SMILES string of the molecule is Cn1c(OC(=O)NC[C@@H]2[C@H]3C[C@H]3CN2C(=O)c2nc(N)sc2-c2cccc(F)c2)cc2cc(F)ccc21. The van der Waals surface area contributed by atoms with Crippen LogP contribution in [-0.2, 0) is 7.05 Å². The van der Waals surface area contributed by atoms with Crippen molar-refractivity contribution in [3.8, 4) is 16.3 Å². The topological polar surface area (TPSA) is 102 Å². The Morgan fingerprint density at radius 2 is 2.00 bits per heavy atom. The van der Waals surface area contributed by atoms with E-state index in [-0.39, 0.29) is 46.9 Å². The minimum absolute atomic E-state index is 0.185. The number of carbonyl (C=O) groups is 2. The van der Waals surface area contributed by atoms with Crippen LogP contribution >= 0.6 is 11.3 Å². The lowest BCUT2D eigenvalue weighted by Gasteiger charge is -2.27. The molecule has 2 amide bonds. The van der Waals surface area contributed by atoms with Gasteiger partial charge in [0, 0.05) is 31.6 Å². The molecule has 8 nitrogen and oxygen atoms in total. The zero-order valence-electron chi connectivity index (χ0n) is 19.8. The number of likely N-dealkylation sites (tertiary alicyclic amines) is 1. The Hall–Kier alpha value is -3.99. The van der Waals surface area contributed by atoms with Gasteiger partial charge in [-0.3, -0.25) is 4.79 Å². The number of anilines is 1. The van der Waals surface area contributed by atoms with Gasteiger partial charge >= 0.3 is 6.09 Å². The van der Waals surface area contributed by atoms with Crippen LogP contribution in [0.4, 0.5) is 18.7 Å². The molecule has 2 fully saturated rings. The second-order valence-corrected chi connectivity index (χ2v) is 10.5. The van der Waals surface area contributed by atoms with Gasteiger partial charge in [-0.2, -0.15) is 0 Å². The minimum atomic E-state index is -0.666. The van der Waals surface area contributed by atoms with E-state index < -0.39 is 11.9 Å². The first-order valence-corrected chi connectivity index (χ1v) is 12.6. The van der Waals surface area contributed by atoms with E-state index in [1.165, 1.54) is 24.3 Å². The first-order chi connectivity index (χ1) is 17.8. The van der Waals surface area contributed by atoms with Crippen LogP contribution in [0.2, 0.25) is 0 Å². The van der Waals surface area contributed by atoms with Crippen LogP contribution in [0, 0.1) is 23.5 Å². The van der Waals surface area contributed by atoms with Crippen molar-refractivity contribution in [2.24, 2.45) is 18.9 Å². The molecule has 1 aliphatic heterocycles. The van der Waals surface area contributed by atoms with E-state index in [4.69, 9.17) is 10.5 Å². The van der Waals surface area contributed by atoms with E-state index >= 15 is 0 Å². The molecule has 0 spiro atoms. The van der Waals surface area contributed by atoms with Crippen LogP contribution in [0.25, 0.3) is 21.3 Å². The van der Waals surface area contributed by atoms with Gasteiger partial charge in [0.05, 0.1) is 16.4 Å². The number of hydrogen-bond acceptors (Lipinski definition) is 6. The standard InChI is InChI=1S/C26H23F2N5O3S/c1-32-19-6-5-17(28)8-14(19)10-21(32)36-26(35)30-11-20-18-9-15(18)12-33(20)24(34)22-23(37-25(29)31-22)13-3-2-4-16(27)7-13/h2-8,10,15,18,20H,9,11-12H2,1H3,(H2,29,31)(H,30,35)/t15-,18-,20+/m0/s1. The summed E-state index contributed by atoms with van der Waals surface area (Å²) in [5, 5.41) is 3.62. The van der Waals surface area contributed by atoms with Gasteiger partial charge in [-0.05, 0) is 54.2 Å². The maximum absolute atomic E-state index is 13.8. The molecule has 3 atom stereocenters. The number of halogens is 2. The van der Waals surface area contributed by atoms with E-state index in [2.05, 4.69) is 10.3 Å². The second kappa shape index (κ2) is 8.84. The molecule has 0 radical (unpaired) electrons. The molecule has 3 heterocycles. The number of nitrogens with zero attached hydrogens (tertiary/aromatic N) is 3. The maximum Gasteiger partial charge on any atom is 0.413 e. The number of aryl methyl sites for hydroxylation is 1. The molecule has 190 valence electrons. The van der Waals surface area contributed by atoms with Crippen LogP contribution in [-0.4, -0.2) is 45.6 Å². The van der Waals surface area contributed by atoms with Crippen molar-refractivity contribution >= 4 is 39.4 Å². The highest BCUT2D eigenvalue weighted by Gasteiger charge is 2.54. The number of nitrogens with one attached hydrogen (secondary N) is 1. The van der Waals surface area contributed by atoms with Gasteiger partial charge in [0.15, 0.2) is 5.13 Å². The summed E-state index contributed by atoms with van der Waals surface area (Å²) in [4.78, 5) is 32.7. The van der Waals surface area contributed by atoms with Crippen LogP contribution in [0.5, 0.6) is 5.88 Å². The first-order valence-electron chi connectivity index (χ1n) is 11.8. The highest BCUT2D eigenvalue weighted by atomic mass is 32.1. The fraction of sp³-hybridized carbons (Fsp3) is 0.269. The molecule has 1 aliphatic carbocycles. The Balaban J connectivity index is 1.17. The van der Waals surface area contributed by atoms with Gasteiger partial charge < -0.3 is 25.3 Å². The van der Waals surface area contributed by atoms with Crippen LogP contribution in [0.3, 0.4) is 0 Å². The maximum atomic E-state index is 13.8. The summed E-state index contributed by atoms with van der Waals surface area (Å²) in [6, 6.07) is 11.7. The Morgan fingerprint density at radius 1 is 1.19 bits per heavy atom. The number of carbonyl (C=O) groups excluding carboxylic acids is 2. The Labute approximate surface area is 214 Å². The summed E-state index contributed by atoms with van der Waals surface area (Å²) in [6.07, 6.45) is 0.317. The first kappa shape index (κ1) is 23.4. The number of thiazole rings is 1. The zero-order chi connectivity index (χ0) is 25.8. The summed E-state index contributed by atoms with van der Waals surface area (Å²) >= 11 is 1.14. The van der Waals surface area contributed by atoms with Gasteiger partial charge in [0.25, 0.3) is 5.91 Å². The normalized spacial score (nSPS) is 20.2. The molecule has 6 rings (SSSR count). The average Bonchev–Trinajstić information content (AvgIpc) is 3.21. The molecule has 2 aliphatic rings. The molecule has 37 heavy (non-hydrogen) atoms. The van der Waals surface area contributed by atoms with Gasteiger partial charge in [-0.15, -0.1) is 0 Å². The third-order valence-electron chi connectivity index (χ3n) is 7.11. The molecule has 2 aromatic heterocycles. The Morgan fingerprint density at radius 3 is 2.81 bits per heavy atom. The molecule has 1 saturated carbocycles. The number of nitrogens with two attached hydrogens (primary N) is 1. The molecule has 4 aromatic rings. The minimum Gasteiger partial charge on any atom is -0.393 e. The lowest BCUT2D eigenvalue weighted by Crippen LogP contribution is -2.46. The van der Waals surface area contributed by atoms with E-state index in [1.54, 1.807) is 40.8 Å². The number of nitrogen functional groups attached to an aromatic ring is 1. The smallest absolute Gasteiger partial charge is 0.393 e. The van der Waals surface area contributed by atoms with E-state index in [9.17, 15) is 18.4 Å². The van der Waals surface area contributed by atoms with Crippen molar-refractivity contribution in [1.82, 2.24) is 19.8 Å². The molecule has 1 saturated heterocycles. The molecule has 3 N–H and O–H groups in total. The number of benzene rings is 2. The Bertz CT molecular complexity index is 1550. The van der Waals surface area contributed by atoms with Crippen molar-refractivity contribution in [3.63, 3.8) is 0 Å². The summed E-state index contributed by atoms with van der Waals surface area (Å²) in [7, 11) is 1.73. The van der Waals surface area contributed by atoms with Crippen molar-refractivity contribution in [2.75, 3.05) is 18.8 Å². The van der Waals surface area contributed by atoms with Gasteiger partial charge in [-0.25, -0.2) is 18.6 Å². The van der Waals surface area contributed by atoms with E-state index in [0.717, 1.165) is 23.3 Å². The monoisotopic (exact) mass is 523 g/mol. The molecule has 11 heteroatoms. The fourth-order valence-corrected chi connectivity index (χ4v) is 6.04. The van der Waals surface area contributed by atoms with Crippen molar-refractivity contribution < 1.29 is 23.1 Å².